The number of aromatic nitrogens is 1. The normalized spacial score (nSPS) is 23.0. The van der Waals surface area contributed by atoms with Crippen molar-refractivity contribution < 1.29 is 0 Å². The van der Waals surface area contributed by atoms with Crippen molar-refractivity contribution in [3.8, 4) is 0 Å². The molecular formula is C24H29N5. The number of benzene rings is 2. The zero-order valence-corrected chi connectivity index (χ0v) is 17.0. The van der Waals surface area contributed by atoms with Gasteiger partial charge in [0.1, 0.15) is 5.82 Å². The number of nitrogens with zero attached hydrogens (tertiary/aromatic N) is 3. The van der Waals surface area contributed by atoms with Crippen LogP contribution >= 0.6 is 0 Å². The number of hydrazine groups is 1. The van der Waals surface area contributed by atoms with E-state index in [1.54, 1.807) is 0 Å². The third-order valence-corrected chi connectivity index (χ3v) is 6.31. The number of anilines is 1. The van der Waals surface area contributed by atoms with Crippen LogP contribution in [0.25, 0.3) is 10.8 Å². The van der Waals surface area contributed by atoms with Gasteiger partial charge in [-0.25, -0.2) is 10.4 Å². The highest BCUT2D eigenvalue weighted by molar-refractivity contribution is 5.86. The number of nitrogens with one attached hydrogen (secondary N) is 2. The number of pyridine rings is 1. The number of piperazine rings is 1. The summed E-state index contributed by atoms with van der Waals surface area (Å²) in [6, 6.07) is 22.0. The molecule has 0 aliphatic carbocycles. The van der Waals surface area contributed by atoms with Gasteiger partial charge in [0.25, 0.3) is 0 Å². The number of hydrogen-bond acceptors (Lipinski definition) is 5. The van der Waals surface area contributed by atoms with Gasteiger partial charge in [0.15, 0.2) is 0 Å². The summed E-state index contributed by atoms with van der Waals surface area (Å²) in [6.45, 7) is 8.46. The van der Waals surface area contributed by atoms with Gasteiger partial charge in [0, 0.05) is 50.9 Å². The highest BCUT2D eigenvalue weighted by atomic mass is 15.4. The van der Waals surface area contributed by atoms with Crippen molar-refractivity contribution in [2.24, 2.45) is 5.92 Å². The first kappa shape index (κ1) is 18.6. The maximum Gasteiger partial charge on any atom is 0.128 e. The molecule has 5 nitrogen and oxygen atoms in total. The van der Waals surface area contributed by atoms with Gasteiger partial charge in [-0.2, -0.15) is 0 Å². The Balaban J connectivity index is 1.26. The molecule has 3 aromatic rings. The summed E-state index contributed by atoms with van der Waals surface area (Å²) in [5, 5.41) is 2.67. The lowest BCUT2D eigenvalue weighted by molar-refractivity contribution is 0.214. The molecule has 3 heterocycles. The van der Waals surface area contributed by atoms with Crippen LogP contribution in [0, 0.1) is 12.8 Å². The zero-order chi connectivity index (χ0) is 19.6. The Bertz CT molecular complexity index is 974. The largest absolute Gasteiger partial charge is 0.354 e. The van der Waals surface area contributed by atoms with Crippen LogP contribution in [0.4, 0.5) is 5.82 Å². The van der Waals surface area contributed by atoms with E-state index in [4.69, 9.17) is 4.98 Å². The third kappa shape index (κ3) is 3.86. The summed E-state index contributed by atoms with van der Waals surface area (Å²) < 4.78 is 0. The van der Waals surface area contributed by atoms with Crippen molar-refractivity contribution >= 4 is 16.6 Å². The first-order valence-electron chi connectivity index (χ1n) is 10.6. The predicted octanol–water partition coefficient (Wildman–Crippen LogP) is 3.13. The van der Waals surface area contributed by atoms with Crippen LogP contribution in [-0.4, -0.2) is 49.2 Å². The number of hydrogen-bond donors (Lipinski definition) is 2. The Labute approximate surface area is 172 Å². The molecular weight excluding hydrogens is 358 g/mol. The number of fused-ring (bicyclic) bond motifs is 1. The average molecular weight is 388 g/mol. The molecule has 2 atom stereocenters. The fourth-order valence-electron chi connectivity index (χ4n) is 4.75. The molecule has 2 N–H and O–H groups in total. The minimum atomic E-state index is 0.345. The van der Waals surface area contributed by atoms with Crippen LogP contribution in [0.5, 0.6) is 0 Å². The van der Waals surface area contributed by atoms with Crippen molar-refractivity contribution in [1.82, 2.24) is 20.7 Å². The molecule has 2 unspecified atom stereocenters. The molecule has 0 spiro atoms. The fourth-order valence-corrected chi connectivity index (χ4v) is 4.75. The van der Waals surface area contributed by atoms with Gasteiger partial charge >= 0.3 is 0 Å². The van der Waals surface area contributed by atoms with E-state index in [0.717, 1.165) is 50.8 Å². The number of rotatable bonds is 4. The Morgan fingerprint density at radius 1 is 0.931 bits per heavy atom. The molecule has 2 saturated heterocycles. The lowest BCUT2D eigenvalue weighted by Gasteiger charge is -2.37. The van der Waals surface area contributed by atoms with E-state index in [0.29, 0.717) is 12.0 Å². The zero-order valence-electron chi connectivity index (χ0n) is 17.0. The maximum absolute atomic E-state index is 4.69. The molecule has 2 aliphatic rings. The van der Waals surface area contributed by atoms with Gasteiger partial charge in [-0.1, -0.05) is 48.5 Å². The summed E-state index contributed by atoms with van der Waals surface area (Å²) in [7, 11) is 0. The highest BCUT2D eigenvalue weighted by Gasteiger charge is 2.31. The van der Waals surface area contributed by atoms with Crippen LogP contribution in [-0.2, 0) is 0 Å². The first-order valence-corrected chi connectivity index (χ1v) is 10.6. The molecule has 5 rings (SSSR count). The van der Waals surface area contributed by atoms with E-state index >= 15 is 0 Å². The highest BCUT2D eigenvalue weighted by Crippen LogP contribution is 2.31. The summed E-state index contributed by atoms with van der Waals surface area (Å²) in [6.07, 6.45) is 0. The summed E-state index contributed by atoms with van der Waals surface area (Å²) >= 11 is 0. The molecule has 5 heteroatoms. The third-order valence-electron chi connectivity index (χ3n) is 6.31. The molecule has 2 aromatic carbocycles. The smallest absolute Gasteiger partial charge is 0.128 e. The summed E-state index contributed by atoms with van der Waals surface area (Å²) in [5.74, 6) is 1.67. The lowest BCUT2D eigenvalue weighted by atomic mass is 9.90. The van der Waals surface area contributed by atoms with Gasteiger partial charge < -0.3 is 4.90 Å². The van der Waals surface area contributed by atoms with E-state index in [1.807, 2.05) is 0 Å². The minimum absolute atomic E-state index is 0.345. The average Bonchev–Trinajstić information content (AvgIpc) is 3.22. The molecule has 1 aromatic heterocycles. The second-order valence-electron chi connectivity index (χ2n) is 8.26. The molecule has 2 fully saturated rings. The van der Waals surface area contributed by atoms with Crippen molar-refractivity contribution in [1.29, 1.82) is 0 Å². The van der Waals surface area contributed by atoms with Gasteiger partial charge in [-0.3, -0.25) is 10.3 Å². The van der Waals surface area contributed by atoms with E-state index in [9.17, 15) is 0 Å². The topological polar surface area (TPSA) is 43.4 Å². The minimum Gasteiger partial charge on any atom is -0.354 e. The van der Waals surface area contributed by atoms with Crippen molar-refractivity contribution in [2.45, 2.75) is 13.0 Å². The van der Waals surface area contributed by atoms with Crippen molar-refractivity contribution in [2.75, 3.05) is 44.2 Å². The predicted molar refractivity (Wildman–Crippen MR) is 119 cm³/mol. The van der Waals surface area contributed by atoms with Crippen LogP contribution in [0.15, 0.2) is 60.7 Å². The molecule has 0 saturated carbocycles. The van der Waals surface area contributed by atoms with E-state index in [2.05, 4.69) is 88.2 Å². The fraction of sp³-hybridized carbons (Fsp3) is 0.375. The van der Waals surface area contributed by atoms with Crippen molar-refractivity contribution in [3.05, 3.63) is 71.9 Å². The van der Waals surface area contributed by atoms with Gasteiger partial charge in [0.2, 0.25) is 0 Å². The first-order chi connectivity index (χ1) is 14.3. The monoisotopic (exact) mass is 387 g/mol. The summed E-state index contributed by atoms with van der Waals surface area (Å²) in [5.41, 5.74) is 9.46. The van der Waals surface area contributed by atoms with Crippen LogP contribution in [0.1, 0.15) is 17.3 Å². The van der Waals surface area contributed by atoms with Crippen molar-refractivity contribution in [3.63, 3.8) is 0 Å². The van der Waals surface area contributed by atoms with E-state index in [1.165, 1.54) is 16.3 Å². The maximum atomic E-state index is 4.69. The Morgan fingerprint density at radius 3 is 2.59 bits per heavy atom. The Hall–Kier alpha value is -2.47. The van der Waals surface area contributed by atoms with E-state index < -0.39 is 0 Å². The quantitative estimate of drug-likeness (QED) is 0.720. The molecule has 0 radical (unpaired) electrons. The van der Waals surface area contributed by atoms with E-state index in [-0.39, 0.29) is 0 Å². The van der Waals surface area contributed by atoms with Crippen LogP contribution in [0.3, 0.4) is 0 Å². The van der Waals surface area contributed by atoms with Gasteiger partial charge in [-0.15, -0.1) is 0 Å². The van der Waals surface area contributed by atoms with Gasteiger partial charge in [-0.05, 0) is 35.4 Å². The molecule has 150 valence electrons. The second kappa shape index (κ2) is 8.11. The molecule has 29 heavy (non-hydrogen) atoms. The van der Waals surface area contributed by atoms with Crippen LogP contribution < -0.4 is 15.8 Å². The summed E-state index contributed by atoms with van der Waals surface area (Å²) in [4.78, 5) is 9.72. The Morgan fingerprint density at radius 2 is 1.72 bits per heavy atom. The van der Waals surface area contributed by atoms with Gasteiger partial charge in [0.05, 0.1) is 6.04 Å². The second-order valence-corrected chi connectivity index (χ2v) is 8.26. The molecule has 0 bridgehead atoms. The molecule has 2 aliphatic heterocycles. The molecule has 0 amide bonds. The number of aryl methyl sites for hydroxylation is 1. The van der Waals surface area contributed by atoms with Crippen LogP contribution in [0.2, 0.25) is 0 Å². The SMILES string of the molecule is Cc1cccc(N2CCN(CC3CNNC3c3cccc4ccccc34)CC2)n1. The lowest BCUT2D eigenvalue weighted by Crippen LogP contribution is -2.48. The standard InChI is InChI=1S/C24H29N5/c1-18-6-4-11-23(26-18)29-14-12-28(13-15-29)17-20-16-25-27-24(20)22-10-5-8-19-7-2-3-9-21(19)22/h2-11,20,24-25,27H,12-17H2,1H3. The Kier molecular flexibility index (Phi) is 5.19.